The number of carbonyl (C=O) groups excluding carboxylic acids is 1. The van der Waals surface area contributed by atoms with Crippen molar-refractivity contribution in [2.75, 3.05) is 0 Å². The van der Waals surface area contributed by atoms with Crippen molar-refractivity contribution in [1.29, 1.82) is 0 Å². The Kier molecular flexibility index (Phi) is 3.85. The molecule has 104 valence electrons. The van der Waals surface area contributed by atoms with Crippen molar-refractivity contribution in [1.82, 2.24) is 5.16 Å². The fourth-order valence-electron chi connectivity index (χ4n) is 1.82. The fraction of sp³-hybridized carbons (Fsp3) is 0.154. The molecule has 7 heteroatoms. The van der Waals surface area contributed by atoms with Crippen LogP contribution in [0.2, 0.25) is 5.02 Å². The Balaban J connectivity index is 2.60. The van der Waals surface area contributed by atoms with Crippen molar-refractivity contribution in [2.24, 2.45) is 0 Å². The Bertz CT molecular complexity index is 675. The van der Waals surface area contributed by atoms with Crippen molar-refractivity contribution in [3.05, 3.63) is 40.4 Å². The summed E-state index contributed by atoms with van der Waals surface area (Å²) in [6.45, 7) is 1.44. The quantitative estimate of drug-likeness (QED) is 0.693. The number of aromatic nitrogens is 1. The van der Waals surface area contributed by atoms with E-state index in [0.29, 0.717) is 0 Å². The van der Waals surface area contributed by atoms with Crippen LogP contribution >= 0.6 is 11.6 Å². The van der Waals surface area contributed by atoms with Crippen molar-refractivity contribution >= 4 is 23.4 Å². The second-order valence-corrected chi connectivity index (χ2v) is 4.46. The van der Waals surface area contributed by atoms with E-state index >= 15 is 0 Å². The van der Waals surface area contributed by atoms with Gasteiger partial charge in [0, 0.05) is 0 Å². The summed E-state index contributed by atoms with van der Waals surface area (Å²) in [5, 5.41) is 12.4. The lowest BCUT2D eigenvalue weighted by Gasteiger charge is -2.04. The molecular formula is C13H9ClFNO4. The molecule has 0 amide bonds. The maximum atomic E-state index is 13.9. The molecule has 0 aliphatic rings. The third kappa shape index (κ3) is 2.55. The van der Waals surface area contributed by atoms with Crippen LogP contribution in [0.3, 0.4) is 0 Å². The van der Waals surface area contributed by atoms with Crippen LogP contribution in [0.5, 0.6) is 0 Å². The smallest absolute Gasteiger partial charge is 0.311 e. The highest BCUT2D eigenvalue weighted by Gasteiger charge is 2.26. The molecule has 0 saturated heterocycles. The summed E-state index contributed by atoms with van der Waals surface area (Å²) in [5.41, 5.74) is -0.240. The lowest BCUT2D eigenvalue weighted by Crippen LogP contribution is -2.09. The summed E-state index contributed by atoms with van der Waals surface area (Å²) in [4.78, 5) is 22.5. The normalized spacial score (nSPS) is 10.6. The molecule has 2 aromatic rings. The molecule has 2 rings (SSSR count). The number of carboxylic acid groups (broad SMARTS) is 1. The zero-order valence-electron chi connectivity index (χ0n) is 10.3. The number of nitrogens with zero attached hydrogens (tertiary/aromatic N) is 1. The zero-order valence-corrected chi connectivity index (χ0v) is 11.1. The standard InChI is InChI=1S/C13H9ClFNO4/c1-6-11(9(17)5-10(18)19)13(16-20-6)12-7(14)3-2-4-8(12)15/h2-4H,5H2,1H3,(H,18,19). The highest BCUT2D eigenvalue weighted by molar-refractivity contribution is 6.33. The minimum atomic E-state index is -1.29. The Morgan fingerprint density at radius 2 is 2.15 bits per heavy atom. The summed E-state index contributed by atoms with van der Waals surface area (Å²) in [5.74, 6) is -2.56. The van der Waals surface area contributed by atoms with Crippen molar-refractivity contribution < 1.29 is 23.6 Å². The third-order valence-electron chi connectivity index (χ3n) is 2.65. The molecule has 0 atom stereocenters. The van der Waals surface area contributed by atoms with Gasteiger partial charge in [0.1, 0.15) is 23.7 Å². The molecule has 0 radical (unpaired) electrons. The van der Waals surface area contributed by atoms with E-state index in [9.17, 15) is 14.0 Å². The SMILES string of the molecule is Cc1onc(-c2c(F)cccc2Cl)c1C(=O)CC(=O)O. The first-order valence-electron chi connectivity index (χ1n) is 5.57. The summed E-state index contributed by atoms with van der Waals surface area (Å²) < 4.78 is 18.7. The van der Waals surface area contributed by atoms with E-state index in [0.717, 1.165) is 6.07 Å². The maximum Gasteiger partial charge on any atom is 0.311 e. The van der Waals surface area contributed by atoms with E-state index in [2.05, 4.69) is 5.16 Å². The predicted octanol–water partition coefficient (Wildman–Crippen LogP) is 3.10. The topological polar surface area (TPSA) is 80.4 Å². The van der Waals surface area contributed by atoms with Gasteiger partial charge in [0.25, 0.3) is 0 Å². The molecule has 1 aromatic heterocycles. The van der Waals surface area contributed by atoms with Gasteiger partial charge in [0.15, 0.2) is 5.78 Å². The average Bonchev–Trinajstić information content (AvgIpc) is 2.70. The van der Waals surface area contributed by atoms with E-state index in [1.807, 2.05) is 0 Å². The van der Waals surface area contributed by atoms with Gasteiger partial charge < -0.3 is 9.63 Å². The van der Waals surface area contributed by atoms with Crippen LogP contribution in [0.4, 0.5) is 4.39 Å². The summed E-state index contributed by atoms with van der Waals surface area (Å²) >= 11 is 5.91. The molecule has 1 N–H and O–H groups in total. The van der Waals surface area contributed by atoms with Crippen molar-refractivity contribution in [2.45, 2.75) is 13.3 Å². The third-order valence-corrected chi connectivity index (χ3v) is 2.97. The monoisotopic (exact) mass is 297 g/mol. The molecule has 0 spiro atoms. The van der Waals surface area contributed by atoms with Crippen LogP contribution in [0.1, 0.15) is 22.5 Å². The Labute approximate surface area is 117 Å². The number of halogens is 2. The highest BCUT2D eigenvalue weighted by Crippen LogP contribution is 2.33. The van der Waals surface area contributed by atoms with Gasteiger partial charge in [-0.25, -0.2) is 4.39 Å². The van der Waals surface area contributed by atoms with Crippen molar-refractivity contribution in [3.8, 4) is 11.3 Å². The lowest BCUT2D eigenvalue weighted by atomic mass is 10.0. The van der Waals surface area contributed by atoms with Crippen molar-refractivity contribution in [3.63, 3.8) is 0 Å². The number of carbonyl (C=O) groups is 2. The van der Waals surface area contributed by atoms with Gasteiger partial charge in [-0.2, -0.15) is 0 Å². The van der Waals surface area contributed by atoms with Gasteiger partial charge in [0.2, 0.25) is 0 Å². The van der Waals surface area contributed by atoms with Crippen LogP contribution in [-0.2, 0) is 4.79 Å². The molecule has 0 fully saturated rings. The predicted molar refractivity (Wildman–Crippen MR) is 68.2 cm³/mol. The van der Waals surface area contributed by atoms with Crippen LogP contribution in [-0.4, -0.2) is 22.0 Å². The first-order chi connectivity index (χ1) is 9.41. The molecule has 1 heterocycles. The molecule has 0 bridgehead atoms. The average molecular weight is 298 g/mol. The first-order valence-corrected chi connectivity index (χ1v) is 5.95. The van der Waals surface area contributed by atoms with Gasteiger partial charge in [-0.05, 0) is 19.1 Å². The second kappa shape index (κ2) is 5.42. The summed E-state index contributed by atoms with van der Waals surface area (Å²) in [6.07, 6.45) is -0.735. The summed E-state index contributed by atoms with van der Waals surface area (Å²) in [7, 11) is 0. The van der Waals surface area contributed by atoms with E-state index in [-0.39, 0.29) is 27.6 Å². The van der Waals surface area contributed by atoms with Gasteiger partial charge in [-0.15, -0.1) is 0 Å². The van der Waals surface area contributed by atoms with Crippen LogP contribution in [0.15, 0.2) is 22.7 Å². The van der Waals surface area contributed by atoms with E-state index in [1.165, 1.54) is 19.1 Å². The first kappa shape index (κ1) is 14.2. The molecule has 0 aliphatic heterocycles. The minimum Gasteiger partial charge on any atom is -0.481 e. The number of Topliss-reactive ketones (excluding diaryl/α,β-unsaturated/α-hetero) is 1. The number of benzene rings is 1. The Hall–Kier alpha value is -2.21. The largest absolute Gasteiger partial charge is 0.481 e. The number of aryl methyl sites for hydroxylation is 1. The van der Waals surface area contributed by atoms with Gasteiger partial charge in [-0.1, -0.05) is 22.8 Å². The number of rotatable bonds is 4. The van der Waals surface area contributed by atoms with Crippen LogP contribution in [0.25, 0.3) is 11.3 Å². The number of aliphatic carboxylic acids is 1. The van der Waals surface area contributed by atoms with Crippen LogP contribution in [0, 0.1) is 12.7 Å². The van der Waals surface area contributed by atoms with E-state index < -0.39 is 24.0 Å². The number of hydrogen-bond donors (Lipinski definition) is 1. The molecule has 0 unspecified atom stereocenters. The minimum absolute atomic E-state index is 0.0580. The number of carboxylic acids is 1. The fourth-order valence-corrected chi connectivity index (χ4v) is 2.07. The Morgan fingerprint density at radius 3 is 2.75 bits per heavy atom. The molecule has 5 nitrogen and oxygen atoms in total. The number of hydrogen-bond acceptors (Lipinski definition) is 4. The van der Waals surface area contributed by atoms with E-state index in [1.54, 1.807) is 0 Å². The second-order valence-electron chi connectivity index (χ2n) is 4.05. The van der Waals surface area contributed by atoms with Gasteiger partial charge in [0.05, 0.1) is 16.1 Å². The molecule has 0 aliphatic carbocycles. The van der Waals surface area contributed by atoms with Gasteiger partial charge in [-0.3, -0.25) is 9.59 Å². The zero-order chi connectivity index (χ0) is 14.9. The maximum absolute atomic E-state index is 13.9. The molecule has 20 heavy (non-hydrogen) atoms. The van der Waals surface area contributed by atoms with Crippen LogP contribution < -0.4 is 0 Å². The number of ketones is 1. The van der Waals surface area contributed by atoms with E-state index in [4.69, 9.17) is 21.2 Å². The summed E-state index contributed by atoms with van der Waals surface area (Å²) in [6, 6.07) is 4.01. The Morgan fingerprint density at radius 1 is 1.45 bits per heavy atom. The lowest BCUT2D eigenvalue weighted by molar-refractivity contribution is -0.135. The molecule has 1 aromatic carbocycles. The highest BCUT2D eigenvalue weighted by atomic mass is 35.5. The van der Waals surface area contributed by atoms with Gasteiger partial charge >= 0.3 is 5.97 Å². The molecule has 0 saturated carbocycles. The molecular weight excluding hydrogens is 289 g/mol.